The second-order valence-electron chi connectivity index (χ2n) is 13.0. The minimum Gasteiger partial charge on any atom is -0.496 e. The van der Waals surface area contributed by atoms with E-state index in [4.69, 9.17) is 18.9 Å². The summed E-state index contributed by atoms with van der Waals surface area (Å²) in [5.74, 6) is 0.872. The summed E-state index contributed by atoms with van der Waals surface area (Å²) < 4.78 is 23.0. The van der Waals surface area contributed by atoms with Crippen molar-refractivity contribution in [3.8, 4) is 28.4 Å². The zero-order valence-electron chi connectivity index (χ0n) is 28.7. The van der Waals surface area contributed by atoms with E-state index < -0.39 is 29.6 Å². The van der Waals surface area contributed by atoms with Crippen LogP contribution in [0.3, 0.4) is 0 Å². The van der Waals surface area contributed by atoms with Gasteiger partial charge in [0.25, 0.3) is 0 Å². The highest BCUT2D eigenvalue weighted by atomic mass is 16.6. The van der Waals surface area contributed by atoms with E-state index >= 15 is 0 Å². The topological polar surface area (TPSA) is 103 Å². The van der Waals surface area contributed by atoms with Gasteiger partial charge in [0.05, 0.1) is 13.5 Å². The molecular formula is C40H44N2O7. The molecule has 1 heterocycles. The molecule has 49 heavy (non-hydrogen) atoms. The Morgan fingerprint density at radius 2 is 1.55 bits per heavy atom. The summed E-state index contributed by atoms with van der Waals surface area (Å²) in [6, 6.07) is 29.6. The quantitative estimate of drug-likeness (QED) is 0.132. The maximum Gasteiger partial charge on any atom is 0.411 e. The number of rotatable bonds is 11. The minimum absolute atomic E-state index is 0.0277. The first kappa shape index (κ1) is 35.0. The van der Waals surface area contributed by atoms with Crippen molar-refractivity contribution in [2.45, 2.75) is 64.7 Å². The third-order valence-corrected chi connectivity index (χ3v) is 8.08. The molecule has 4 aromatic carbocycles. The highest BCUT2D eigenvalue weighted by molar-refractivity contribution is 5.88. The summed E-state index contributed by atoms with van der Waals surface area (Å²) in [7, 11) is 1.64. The summed E-state index contributed by atoms with van der Waals surface area (Å²) in [5, 5.41) is 2.85. The fraction of sp³-hybridized carbons (Fsp3) is 0.325. The molecule has 1 N–H and O–H groups in total. The molecule has 2 atom stereocenters. The highest BCUT2D eigenvalue weighted by Crippen LogP contribution is 2.34. The Morgan fingerprint density at radius 3 is 2.27 bits per heavy atom. The van der Waals surface area contributed by atoms with E-state index in [0.717, 1.165) is 28.0 Å². The summed E-state index contributed by atoms with van der Waals surface area (Å²) in [5.41, 5.74) is 3.93. The summed E-state index contributed by atoms with van der Waals surface area (Å²) in [6.07, 6.45) is 0.315. The molecular weight excluding hydrogens is 620 g/mol. The Balaban J connectivity index is 1.26. The molecule has 0 saturated carbocycles. The van der Waals surface area contributed by atoms with Crippen molar-refractivity contribution in [2.75, 3.05) is 20.2 Å². The first-order chi connectivity index (χ1) is 23.5. The third kappa shape index (κ3) is 9.41. The predicted molar refractivity (Wildman–Crippen MR) is 188 cm³/mol. The number of para-hydroxylation sites is 1. The van der Waals surface area contributed by atoms with Gasteiger partial charge in [-0.15, -0.1) is 0 Å². The fourth-order valence-electron chi connectivity index (χ4n) is 5.83. The van der Waals surface area contributed by atoms with Gasteiger partial charge >= 0.3 is 12.1 Å². The van der Waals surface area contributed by atoms with Crippen LogP contribution in [0.25, 0.3) is 11.1 Å². The van der Waals surface area contributed by atoms with Gasteiger partial charge in [-0.3, -0.25) is 14.5 Å². The zero-order valence-corrected chi connectivity index (χ0v) is 28.7. The number of methoxy groups -OCH3 is 1. The number of carbonyl (C=O) groups is 3. The number of nitrogens with one attached hydrogen (secondary N) is 1. The average Bonchev–Trinajstić information content (AvgIpc) is 3.07. The summed E-state index contributed by atoms with van der Waals surface area (Å²) in [4.78, 5) is 41.3. The fourth-order valence-corrected chi connectivity index (χ4v) is 5.83. The molecule has 0 bridgehead atoms. The van der Waals surface area contributed by atoms with E-state index in [9.17, 15) is 14.4 Å². The van der Waals surface area contributed by atoms with Crippen LogP contribution < -0.4 is 19.5 Å². The van der Waals surface area contributed by atoms with Gasteiger partial charge in [0.2, 0.25) is 5.91 Å². The van der Waals surface area contributed by atoms with Crippen molar-refractivity contribution in [2.24, 2.45) is 0 Å². The van der Waals surface area contributed by atoms with Crippen molar-refractivity contribution in [3.05, 3.63) is 114 Å². The van der Waals surface area contributed by atoms with Crippen LogP contribution in [-0.2, 0) is 27.2 Å². The number of esters is 1. The second kappa shape index (κ2) is 15.7. The normalized spacial score (nSPS) is 14.6. The number of benzene rings is 4. The van der Waals surface area contributed by atoms with Crippen molar-refractivity contribution in [3.63, 3.8) is 0 Å². The second-order valence-corrected chi connectivity index (χ2v) is 13.0. The monoisotopic (exact) mass is 664 g/mol. The van der Waals surface area contributed by atoms with Crippen LogP contribution in [0.1, 0.15) is 56.8 Å². The summed E-state index contributed by atoms with van der Waals surface area (Å²) in [6.45, 7) is 7.65. The number of amides is 2. The van der Waals surface area contributed by atoms with Crippen LogP contribution in [0.15, 0.2) is 97.1 Å². The van der Waals surface area contributed by atoms with E-state index in [0.29, 0.717) is 36.4 Å². The standard InChI is InChI=1S/C40H44N2O7/c1-27(25-31-13-9-10-14-35(31)46-5)47-33-20-17-30-22-24-42(39(45)49-40(2,3)4)37(34(30)26-33)38(44)41-23-21-36(43)48-32-18-15-29(16-19-32)28-11-7-6-8-12-28/h6-20,26-27,37H,21-25H2,1-5H3,(H,41,44)/t27-,37-/m0/s1. The molecule has 0 radical (unpaired) electrons. The van der Waals surface area contributed by atoms with Crippen LogP contribution >= 0.6 is 0 Å². The Morgan fingerprint density at radius 1 is 0.878 bits per heavy atom. The molecule has 4 aromatic rings. The smallest absolute Gasteiger partial charge is 0.411 e. The van der Waals surface area contributed by atoms with Crippen LogP contribution in [-0.4, -0.2) is 54.8 Å². The Hall–Kier alpha value is -5.31. The van der Waals surface area contributed by atoms with Gasteiger partial charge in [-0.1, -0.05) is 66.7 Å². The lowest BCUT2D eigenvalue weighted by Crippen LogP contribution is -2.49. The lowest BCUT2D eigenvalue weighted by molar-refractivity contribution is -0.134. The average molecular weight is 665 g/mol. The molecule has 0 fully saturated rings. The molecule has 1 aliphatic heterocycles. The van der Waals surface area contributed by atoms with Crippen LogP contribution in [0.2, 0.25) is 0 Å². The Bertz CT molecular complexity index is 1750. The van der Waals surface area contributed by atoms with E-state index in [-0.39, 0.29) is 19.1 Å². The minimum atomic E-state index is -0.978. The number of carbonyl (C=O) groups excluding carboxylic acids is 3. The van der Waals surface area contributed by atoms with E-state index in [1.807, 2.05) is 91.9 Å². The molecule has 0 unspecified atom stereocenters. The molecule has 0 spiro atoms. The Kier molecular flexibility index (Phi) is 11.2. The van der Waals surface area contributed by atoms with Gasteiger partial charge in [-0.25, -0.2) is 4.79 Å². The molecule has 0 saturated heterocycles. The van der Waals surface area contributed by atoms with E-state index in [1.165, 1.54) is 4.90 Å². The van der Waals surface area contributed by atoms with Gasteiger partial charge < -0.3 is 24.3 Å². The van der Waals surface area contributed by atoms with Crippen molar-refractivity contribution in [1.29, 1.82) is 0 Å². The van der Waals surface area contributed by atoms with Crippen LogP contribution in [0.5, 0.6) is 17.2 Å². The molecule has 5 rings (SSSR count). The number of ether oxygens (including phenoxy) is 4. The van der Waals surface area contributed by atoms with Crippen LogP contribution in [0.4, 0.5) is 4.79 Å². The number of nitrogens with zero attached hydrogens (tertiary/aromatic N) is 1. The first-order valence-corrected chi connectivity index (χ1v) is 16.6. The van der Waals surface area contributed by atoms with Gasteiger partial charge in [0.15, 0.2) is 0 Å². The molecule has 9 nitrogen and oxygen atoms in total. The highest BCUT2D eigenvalue weighted by Gasteiger charge is 2.38. The maximum atomic E-state index is 13.8. The zero-order chi connectivity index (χ0) is 35.0. The summed E-state index contributed by atoms with van der Waals surface area (Å²) >= 11 is 0. The van der Waals surface area contributed by atoms with Crippen LogP contribution in [0, 0.1) is 0 Å². The number of hydrogen-bond acceptors (Lipinski definition) is 7. The number of hydrogen-bond donors (Lipinski definition) is 1. The molecule has 2 amide bonds. The molecule has 9 heteroatoms. The largest absolute Gasteiger partial charge is 0.496 e. The Labute approximate surface area is 288 Å². The van der Waals surface area contributed by atoms with Gasteiger partial charge in [0, 0.05) is 19.5 Å². The lowest BCUT2D eigenvalue weighted by atomic mass is 9.92. The molecule has 256 valence electrons. The lowest BCUT2D eigenvalue weighted by Gasteiger charge is -2.37. The number of fused-ring (bicyclic) bond motifs is 1. The van der Waals surface area contributed by atoms with E-state index in [1.54, 1.807) is 40.0 Å². The van der Waals surface area contributed by atoms with Gasteiger partial charge in [0.1, 0.15) is 35.0 Å². The van der Waals surface area contributed by atoms with Crippen molar-refractivity contribution in [1.82, 2.24) is 10.2 Å². The van der Waals surface area contributed by atoms with Crippen molar-refractivity contribution < 1.29 is 33.3 Å². The maximum absolute atomic E-state index is 13.8. The van der Waals surface area contributed by atoms with Gasteiger partial charge in [-0.05, 0) is 92.3 Å². The third-order valence-electron chi connectivity index (χ3n) is 8.08. The molecule has 0 aromatic heterocycles. The van der Waals surface area contributed by atoms with Crippen molar-refractivity contribution >= 4 is 18.0 Å². The predicted octanol–water partition coefficient (Wildman–Crippen LogP) is 7.32. The molecule has 0 aliphatic carbocycles. The SMILES string of the molecule is COc1ccccc1C[C@H](C)Oc1ccc2c(c1)[C@@H](C(=O)NCCC(=O)Oc1ccc(-c3ccccc3)cc1)N(C(=O)OC(C)(C)C)CC2. The molecule has 1 aliphatic rings. The van der Waals surface area contributed by atoms with E-state index in [2.05, 4.69) is 5.32 Å². The first-order valence-electron chi connectivity index (χ1n) is 16.6. The van der Waals surface area contributed by atoms with Gasteiger partial charge in [-0.2, -0.15) is 0 Å².